The average Bonchev–Trinajstić information content (AvgIpc) is 3.02. The van der Waals surface area contributed by atoms with Gasteiger partial charge < -0.3 is 9.47 Å². The number of hydrogen-bond acceptors (Lipinski definition) is 4. The third-order valence-electron chi connectivity index (χ3n) is 3.49. The fourth-order valence-electron chi connectivity index (χ4n) is 2.27. The lowest BCUT2D eigenvalue weighted by molar-refractivity contribution is 0.103. The maximum atomic E-state index is 13.3. The number of aryl methyl sites for hydroxylation is 1. The van der Waals surface area contributed by atoms with E-state index in [2.05, 4.69) is 0 Å². The number of carbonyl (C=O) groups excluding carboxylic acids is 1. The summed E-state index contributed by atoms with van der Waals surface area (Å²) < 4.78 is 23.7. The predicted octanol–water partition coefficient (Wildman–Crippen LogP) is 3.65. The molecule has 0 fully saturated rings. The molecule has 1 aliphatic heterocycles. The summed E-state index contributed by atoms with van der Waals surface area (Å²) in [6.07, 6.45) is 1.44. The van der Waals surface area contributed by atoms with Crippen LogP contribution >= 0.6 is 0 Å². The summed E-state index contributed by atoms with van der Waals surface area (Å²) in [5.74, 6) is 0.291. The fraction of sp³-hybridized carbons (Fsp3) is 0.111. The lowest BCUT2D eigenvalue weighted by atomic mass is 10.0. The number of nitriles is 1. The second kappa shape index (κ2) is 5.93. The summed E-state index contributed by atoms with van der Waals surface area (Å²) >= 11 is 0. The Hall–Kier alpha value is -3.13. The molecule has 0 amide bonds. The molecule has 1 aliphatic rings. The van der Waals surface area contributed by atoms with Crippen molar-refractivity contribution in [3.8, 4) is 17.6 Å². The molecule has 0 saturated heterocycles. The van der Waals surface area contributed by atoms with Crippen molar-refractivity contribution < 1.29 is 18.7 Å². The number of allylic oxidation sites excluding steroid dienone is 1. The van der Waals surface area contributed by atoms with Crippen molar-refractivity contribution in [1.29, 1.82) is 5.26 Å². The van der Waals surface area contributed by atoms with Crippen LogP contribution < -0.4 is 9.47 Å². The van der Waals surface area contributed by atoms with Crippen LogP contribution in [-0.4, -0.2) is 12.6 Å². The van der Waals surface area contributed by atoms with Crippen molar-refractivity contribution in [2.45, 2.75) is 6.92 Å². The average molecular weight is 309 g/mol. The van der Waals surface area contributed by atoms with Crippen LogP contribution in [0.1, 0.15) is 21.5 Å². The Morgan fingerprint density at radius 1 is 1.22 bits per heavy atom. The molecule has 5 heteroatoms. The molecule has 0 unspecified atom stereocenters. The van der Waals surface area contributed by atoms with Gasteiger partial charge in [-0.3, -0.25) is 4.79 Å². The summed E-state index contributed by atoms with van der Waals surface area (Å²) in [5.41, 5.74) is 1.34. The van der Waals surface area contributed by atoms with Crippen molar-refractivity contribution in [2.75, 3.05) is 6.79 Å². The zero-order valence-electron chi connectivity index (χ0n) is 12.3. The van der Waals surface area contributed by atoms with Crippen LogP contribution in [0.3, 0.4) is 0 Å². The Morgan fingerprint density at radius 3 is 2.74 bits per heavy atom. The minimum atomic E-state index is -0.423. The van der Waals surface area contributed by atoms with Gasteiger partial charge in [0, 0.05) is 5.56 Å². The Bertz CT molecular complexity index is 865. The molecule has 0 aromatic heterocycles. The van der Waals surface area contributed by atoms with Gasteiger partial charge in [0.2, 0.25) is 12.6 Å². The topological polar surface area (TPSA) is 59.3 Å². The van der Waals surface area contributed by atoms with Crippen molar-refractivity contribution in [3.63, 3.8) is 0 Å². The molecule has 0 spiro atoms. The molecule has 3 rings (SSSR count). The quantitative estimate of drug-likeness (QED) is 0.493. The molecule has 23 heavy (non-hydrogen) atoms. The highest BCUT2D eigenvalue weighted by Gasteiger charge is 2.18. The first-order valence-electron chi connectivity index (χ1n) is 6.91. The van der Waals surface area contributed by atoms with Crippen molar-refractivity contribution >= 4 is 11.9 Å². The number of fused-ring (bicyclic) bond motifs is 1. The van der Waals surface area contributed by atoms with Crippen molar-refractivity contribution in [2.24, 2.45) is 0 Å². The lowest BCUT2D eigenvalue weighted by Gasteiger charge is -2.03. The smallest absolute Gasteiger partial charge is 0.231 e. The van der Waals surface area contributed by atoms with E-state index in [1.54, 1.807) is 31.2 Å². The van der Waals surface area contributed by atoms with E-state index in [0.29, 0.717) is 28.2 Å². The highest BCUT2D eigenvalue weighted by molar-refractivity contribution is 6.14. The first kappa shape index (κ1) is 14.8. The zero-order valence-corrected chi connectivity index (χ0v) is 12.3. The van der Waals surface area contributed by atoms with E-state index in [0.717, 1.165) is 0 Å². The van der Waals surface area contributed by atoms with Crippen LogP contribution in [0.15, 0.2) is 42.0 Å². The number of ketones is 1. The van der Waals surface area contributed by atoms with E-state index >= 15 is 0 Å². The van der Waals surface area contributed by atoms with Crippen LogP contribution in [0, 0.1) is 24.1 Å². The van der Waals surface area contributed by atoms with E-state index in [1.165, 1.54) is 18.2 Å². The van der Waals surface area contributed by atoms with Gasteiger partial charge in [-0.05, 0) is 54.5 Å². The van der Waals surface area contributed by atoms with Crippen LogP contribution in [0.5, 0.6) is 11.5 Å². The van der Waals surface area contributed by atoms with Gasteiger partial charge in [-0.2, -0.15) is 5.26 Å². The molecule has 0 saturated carbocycles. The van der Waals surface area contributed by atoms with Gasteiger partial charge in [0.15, 0.2) is 11.5 Å². The van der Waals surface area contributed by atoms with Gasteiger partial charge in [-0.1, -0.05) is 6.07 Å². The molecule has 2 aromatic carbocycles. The minimum absolute atomic E-state index is 0.0325. The molecule has 0 aliphatic carbocycles. The van der Waals surface area contributed by atoms with Gasteiger partial charge in [0.1, 0.15) is 17.5 Å². The Morgan fingerprint density at radius 2 is 2.00 bits per heavy atom. The molecular formula is C18H12FNO3. The van der Waals surface area contributed by atoms with Crippen LogP contribution in [0.4, 0.5) is 4.39 Å². The van der Waals surface area contributed by atoms with Crippen LogP contribution in [-0.2, 0) is 0 Å². The Kier molecular flexibility index (Phi) is 3.82. The lowest BCUT2D eigenvalue weighted by Crippen LogP contribution is -2.02. The SMILES string of the molecule is Cc1cc(C=C(C#N)C(=O)c2ccc3c(c2)OCO3)ccc1F. The van der Waals surface area contributed by atoms with E-state index in [4.69, 9.17) is 9.47 Å². The largest absolute Gasteiger partial charge is 0.454 e. The number of carbonyl (C=O) groups is 1. The first-order chi connectivity index (χ1) is 11.1. The van der Waals surface area contributed by atoms with Gasteiger partial charge in [-0.25, -0.2) is 4.39 Å². The highest BCUT2D eigenvalue weighted by atomic mass is 19.1. The number of nitrogens with zero attached hydrogens (tertiary/aromatic N) is 1. The van der Waals surface area contributed by atoms with E-state index in [1.807, 2.05) is 6.07 Å². The number of hydrogen-bond donors (Lipinski definition) is 0. The Balaban J connectivity index is 1.94. The van der Waals surface area contributed by atoms with Gasteiger partial charge in [-0.15, -0.1) is 0 Å². The Labute approximate surface area is 132 Å². The van der Waals surface area contributed by atoms with Crippen molar-refractivity contribution in [1.82, 2.24) is 0 Å². The molecule has 0 bridgehead atoms. The molecule has 114 valence electrons. The number of Topliss-reactive ketones (excluding diaryl/α,β-unsaturated/α-hetero) is 1. The summed E-state index contributed by atoms with van der Waals surface area (Å²) in [6, 6.07) is 11.1. The van der Waals surface area contributed by atoms with Crippen LogP contribution in [0.25, 0.3) is 6.08 Å². The third-order valence-corrected chi connectivity index (χ3v) is 3.49. The molecule has 2 aromatic rings. The van der Waals surface area contributed by atoms with E-state index < -0.39 is 5.78 Å². The second-order valence-electron chi connectivity index (χ2n) is 5.08. The maximum Gasteiger partial charge on any atom is 0.231 e. The standard InChI is InChI=1S/C18H12FNO3/c1-11-6-12(2-4-15(11)19)7-14(9-20)18(21)13-3-5-16-17(8-13)23-10-22-16/h2-8H,10H2,1H3. The third kappa shape index (κ3) is 2.92. The fourth-order valence-corrected chi connectivity index (χ4v) is 2.27. The van der Waals surface area contributed by atoms with E-state index in [-0.39, 0.29) is 18.2 Å². The van der Waals surface area contributed by atoms with E-state index in [9.17, 15) is 14.4 Å². The highest BCUT2D eigenvalue weighted by Crippen LogP contribution is 2.33. The number of benzene rings is 2. The summed E-state index contributed by atoms with van der Waals surface area (Å²) in [4.78, 5) is 12.5. The zero-order chi connectivity index (χ0) is 16.4. The predicted molar refractivity (Wildman–Crippen MR) is 81.6 cm³/mol. The van der Waals surface area contributed by atoms with Gasteiger partial charge in [0.05, 0.1) is 0 Å². The summed E-state index contributed by atoms with van der Waals surface area (Å²) in [6.45, 7) is 1.74. The molecule has 0 atom stereocenters. The van der Waals surface area contributed by atoms with Gasteiger partial charge >= 0.3 is 0 Å². The maximum absolute atomic E-state index is 13.3. The molecule has 1 heterocycles. The van der Waals surface area contributed by atoms with Gasteiger partial charge in [0.25, 0.3) is 0 Å². The molecule has 4 nitrogen and oxygen atoms in total. The normalized spacial score (nSPS) is 12.8. The molecule has 0 radical (unpaired) electrons. The number of halogens is 1. The molecular weight excluding hydrogens is 297 g/mol. The minimum Gasteiger partial charge on any atom is -0.454 e. The summed E-state index contributed by atoms with van der Waals surface area (Å²) in [7, 11) is 0. The number of rotatable bonds is 3. The second-order valence-corrected chi connectivity index (χ2v) is 5.08. The first-order valence-corrected chi connectivity index (χ1v) is 6.91. The summed E-state index contributed by atoms with van der Waals surface area (Å²) in [5, 5.41) is 9.27. The molecule has 0 N–H and O–H groups in total. The monoisotopic (exact) mass is 309 g/mol. The van der Waals surface area contributed by atoms with Crippen LogP contribution in [0.2, 0.25) is 0 Å². The number of ether oxygens (including phenoxy) is 2. The van der Waals surface area contributed by atoms with Crippen molar-refractivity contribution in [3.05, 3.63) is 64.5 Å².